The van der Waals surface area contributed by atoms with Crippen LogP contribution in [0, 0.1) is 23.7 Å². The smallest absolute Gasteiger partial charge is 0.146 e. The second-order valence-corrected chi connectivity index (χ2v) is 4.94. The largest absolute Gasteiger partial charge is 0.373 e. The minimum Gasteiger partial charge on any atom is -0.373 e. The molecule has 0 aromatic heterocycles. The Labute approximate surface area is 82.8 Å². The van der Waals surface area contributed by atoms with E-state index in [0.717, 1.165) is 0 Å². The van der Waals surface area contributed by atoms with Crippen LogP contribution in [-0.4, -0.2) is 23.8 Å². The van der Waals surface area contributed by atoms with E-state index in [4.69, 9.17) is 4.74 Å². The predicted octanol–water partition coefficient (Wildman–Crippen LogP) is 0.814. The maximum Gasteiger partial charge on any atom is 0.146 e. The summed E-state index contributed by atoms with van der Waals surface area (Å²) in [7, 11) is 0. The summed E-state index contributed by atoms with van der Waals surface area (Å²) in [6, 6.07) is 0. The van der Waals surface area contributed by atoms with E-state index in [1.165, 1.54) is 0 Å². The van der Waals surface area contributed by atoms with Gasteiger partial charge in [0.25, 0.3) is 0 Å². The zero-order valence-corrected chi connectivity index (χ0v) is 8.40. The first-order valence-corrected chi connectivity index (χ1v) is 5.32. The van der Waals surface area contributed by atoms with E-state index >= 15 is 0 Å². The first kappa shape index (κ1) is 8.60. The second kappa shape index (κ2) is 2.45. The summed E-state index contributed by atoms with van der Waals surface area (Å²) in [5.74, 6) is 0.891. The van der Waals surface area contributed by atoms with Crippen molar-refractivity contribution >= 4 is 11.6 Å². The minimum atomic E-state index is -0.0984. The highest BCUT2D eigenvalue weighted by Gasteiger charge is 2.63. The summed E-state index contributed by atoms with van der Waals surface area (Å²) in [4.78, 5) is 23.2. The molecule has 3 aliphatic rings. The molecule has 4 unspecified atom stereocenters. The van der Waals surface area contributed by atoms with Crippen molar-refractivity contribution in [1.82, 2.24) is 0 Å². The molecule has 3 nitrogen and oxygen atoms in total. The summed E-state index contributed by atoms with van der Waals surface area (Å²) in [6.07, 6.45) is 0.211. The number of hydrogen-bond acceptors (Lipinski definition) is 3. The molecule has 3 rings (SSSR count). The van der Waals surface area contributed by atoms with Gasteiger partial charge in [-0.1, -0.05) is 13.8 Å². The molecular formula is C11H14O3. The molecule has 0 radical (unpaired) electrons. The minimum absolute atomic E-state index is 0.0268. The van der Waals surface area contributed by atoms with E-state index in [2.05, 4.69) is 13.8 Å². The first-order valence-electron chi connectivity index (χ1n) is 5.32. The van der Waals surface area contributed by atoms with Crippen LogP contribution in [0.2, 0.25) is 0 Å². The van der Waals surface area contributed by atoms with Gasteiger partial charge in [-0.3, -0.25) is 9.59 Å². The lowest BCUT2D eigenvalue weighted by atomic mass is 9.70. The number of ether oxygens (including phenoxy) is 1. The monoisotopic (exact) mass is 194 g/mol. The summed E-state index contributed by atoms with van der Waals surface area (Å²) in [5.41, 5.74) is 0. The Hall–Kier alpha value is -0.700. The Kier molecular flexibility index (Phi) is 1.51. The Balaban J connectivity index is 2.01. The van der Waals surface area contributed by atoms with Gasteiger partial charge in [-0.25, -0.2) is 0 Å². The third kappa shape index (κ3) is 0.776. The van der Waals surface area contributed by atoms with Gasteiger partial charge in [0.15, 0.2) is 0 Å². The molecule has 2 heterocycles. The van der Waals surface area contributed by atoms with Gasteiger partial charge in [-0.2, -0.15) is 0 Å². The Morgan fingerprint density at radius 3 is 1.86 bits per heavy atom. The Bertz CT molecular complexity index is 292. The first-order chi connectivity index (χ1) is 6.61. The van der Waals surface area contributed by atoms with Crippen LogP contribution in [0.1, 0.15) is 20.3 Å². The zero-order chi connectivity index (χ0) is 10.0. The van der Waals surface area contributed by atoms with Crippen molar-refractivity contribution in [1.29, 1.82) is 0 Å². The van der Waals surface area contributed by atoms with E-state index in [9.17, 15) is 9.59 Å². The third-order valence-corrected chi connectivity index (χ3v) is 4.37. The van der Waals surface area contributed by atoms with Gasteiger partial charge in [-0.15, -0.1) is 0 Å². The predicted molar refractivity (Wildman–Crippen MR) is 48.6 cm³/mol. The lowest BCUT2D eigenvalue weighted by Crippen LogP contribution is -2.38. The van der Waals surface area contributed by atoms with Gasteiger partial charge in [0.05, 0.1) is 30.5 Å². The van der Waals surface area contributed by atoms with E-state index in [0.29, 0.717) is 11.8 Å². The maximum atomic E-state index is 11.6. The molecule has 0 N–H and O–H groups in total. The molecule has 0 amide bonds. The van der Waals surface area contributed by atoms with Crippen LogP contribution >= 0.6 is 0 Å². The molecule has 0 aromatic carbocycles. The number of hydrogen-bond donors (Lipinski definition) is 0. The molecule has 2 aliphatic heterocycles. The van der Waals surface area contributed by atoms with E-state index in [1.807, 2.05) is 0 Å². The highest BCUT2D eigenvalue weighted by molar-refractivity contribution is 6.09. The van der Waals surface area contributed by atoms with Crippen LogP contribution in [0.3, 0.4) is 0 Å². The SMILES string of the molecule is C[C@@H]1C2OC(C3C(=O)CC(=O)C32)[C@@H]1C. The lowest BCUT2D eigenvalue weighted by Gasteiger charge is -2.28. The van der Waals surface area contributed by atoms with Gasteiger partial charge >= 0.3 is 0 Å². The van der Waals surface area contributed by atoms with Crippen molar-refractivity contribution in [2.24, 2.45) is 23.7 Å². The van der Waals surface area contributed by atoms with E-state index in [-0.39, 0.29) is 42.0 Å². The van der Waals surface area contributed by atoms with Crippen LogP contribution in [0.15, 0.2) is 0 Å². The zero-order valence-electron chi connectivity index (χ0n) is 8.40. The number of rotatable bonds is 0. The molecule has 3 heteroatoms. The fraction of sp³-hybridized carbons (Fsp3) is 0.818. The molecule has 2 saturated heterocycles. The van der Waals surface area contributed by atoms with Crippen molar-refractivity contribution in [3.05, 3.63) is 0 Å². The van der Waals surface area contributed by atoms with Crippen LogP contribution in [-0.2, 0) is 14.3 Å². The van der Waals surface area contributed by atoms with Gasteiger partial charge < -0.3 is 4.74 Å². The van der Waals surface area contributed by atoms with Crippen LogP contribution in [0.25, 0.3) is 0 Å². The lowest BCUT2D eigenvalue weighted by molar-refractivity contribution is -0.125. The van der Waals surface area contributed by atoms with Crippen LogP contribution < -0.4 is 0 Å². The quantitative estimate of drug-likeness (QED) is 0.536. The highest BCUT2D eigenvalue weighted by atomic mass is 16.5. The van der Waals surface area contributed by atoms with Crippen LogP contribution in [0.5, 0.6) is 0 Å². The van der Waals surface area contributed by atoms with Crippen LogP contribution in [0.4, 0.5) is 0 Å². The molecule has 14 heavy (non-hydrogen) atoms. The molecule has 6 atom stereocenters. The average Bonchev–Trinajstić information content (AvgIpc) is 2.71. The number of carbonyl (C=O) groups excluding carboxylic acids is 2. The molecule has 0 aromatic rings. The topological polar surface area (TPSA) is 43.4 Å². The van der Waals surface area contributed by atoms with Crippen molar-refractivity contribution in [2.75, 3.05) is 0 Å². The molecule has 3 fully saturated rings. The number of Topliss-reactive ketones (excluding diaryl/α,β-unsaturated/α-hetero) is 2. The molecule has 2 bridgehead atoms. The molecule has 1 aliphatic carbocycles. The summed E-state index contributed by atoms with van der Waals surface area (Å²) >= 11 is 0. The Morgan fingerprint density at radius 1 is 1.00 bits per heavy atom. The standard InChI is InChI=1S/C11H14O3/c1-4-5(2)11-9-7(13)3-6(12)8(9)10(4)14-11/h4-5,8-11H,3H2,1-2H3/t4-,5+,8?,9?,10?,11?. The molecule has 0 spiro atoms. The fourth-order valence-electron chi connectivity index (χ4n) is 3.43. The molecular weight excluding hydrogens is 180 g/mol. The van der Waals surface area contributed by atoms with Gasteiger partial charge in [0.1, 0.15) is 11.6 Å². The van der Waals surface area contributed by atoms with E-state index < -0.39 is 0 Å². The van der Waals surface area contributed by atoms with Crippen molar-refractivity contribution in [3.8, 4) is 0 Å². The van der Waals surface area contributed by atoms with Crippen molar-refractivity contribution < 1.29 is 14.3 Å². The average molecular weight is 194 g/mol. The Morgan fingerprint density at radius 2 is 1.43 bits per heavy atom. The molecule has 1 saturated carbocycles. The third-order valence-electron chi connectivity index (χ3n) is 4.37. The van der Waals surface area contributed by atoms with Gasteiger partial charge in [0, 0.05) is 0 Å². The van der Waals surface area contributed by atoms with Crippen molar-refractivity contribution in [2.45, 2.75) is 32.5 Å². The van der Waals surface area contributed by atoms with E-state index in [1.54, 1.807) is 0 Å². The number of ketones is 2. The number of fused-ring (bicyclic) bond motifs is 5. The maximum absolute atomic E-state index is 11.6. The van der Waals surface area contributed by atoms with Gasteiger partial charge in [0.2, 0.25) is 0 Å². The number of carbonyl (C=O) groups is 2. The van der Waals surface area contributed by atoms with Crippen molar-refractivity contribution in [3.63, 3.8) is 0 Å². The second-order valence-electron chi connectivity index (χ2n) is 4.94. The molecule has 76 valence electrons. The normalized spacial score (nSPS) is 55.6. The summed E-state index contributed by atoms with van der Waals surface area (Å²) in [6.45, 7) is 4.25. The summed E-state index contributed by atoms with van der Waals surface area (Å²) in [5, 5.41) is 0. The summed E-state index contributed by atoms with van der Waals surface area (Å²) < 4.78 is 5.76. The highest BCUT2D eigenvalue weighted by Crippen LogP contribution is 2.53. The fourth-order valence-corrected chi connectivity index (χ4v) is 3.43. The van der Waals surface area contributed by atoms with Gasteiger partial charge in [-0.05, 0) is 11.8 Å².